The number of amides is 1. The first-order valence-electron chi connectivity index (χ1n) is 9.91. The predicted molar refractivity (Wildman–Crippen MR) is 104 cm³/mol. The van der Waals surface area contributed by atoms with Gasteiger partial charge in [0.1, 0.15) is 6.26 Å². The highest BCUT2D eigenvalue weighted by Gasteiger charge is 2.41. The molecule has 4 rings (SSSR count). The predicted octanol–water partition coefficient (Wildman–Crippen LogP) is 3.44. The Kier molecular flexibility index (Phi) is 6.99. The van der Waals surface area contributed by atoms with Crippen LogP contribution in [0.15, 0.2) is 47.5 Å². The molecule has 0 bridgehead atoms. The maximum absolute atomic E-state index is 12.4. The summed E-state index contributed by atoms with van der Waals surface area (Å²) in [5.41, 5.74) is 2.33. The fraction of sp³-hybridized carbons (Fsp3) is 0.476. The molecule has 1 spiro atoms. The number of aliphatic carboxylic acids is 1. The molecule has 0 saturated carbocycles. The summed E-state index contributed by atoms with van der Waals surface area (Å²) in [5, 5.41) is 7.12. The van der Waals surface area contributed by atoms with Crippen LogP contribution in [0, 0.1) is 5.41 Å². The average molecular weight is 439 g/mol. The summed E-state index contributed by atoms with van der Waals surface area (Å²) >= 11 is 0. The van der Waals surface area contributed by atoms with Crippen LogP contribution >= 0.6 is 0 Å². The third-order valence-corrected chi connectivity index (χ3v) is 5.77. The lowest BCUT2D eigenvalue weighted by Gasteiger charge is -2.39. The van der Waals surface area contributed by atoms with Crippen molar-refractivity contribution in [3.05, 3.63) is 54.2 Å². The van der Waals surface area contributed by atoms with E-state index in [4.69, 9.17) is 14.3 Å². The van der Waals surface area contributed by atoms with Crippen LogP contribution in [0.4, 0.5) is 13.2 Å². The van der Waals surface area contributed by atoms with Gasteiger partial charge in [0.2, 0.25) is 0 Å². The molecule has 0 radical (unpaired) electrons. The summed E-state index contributed by atoms with van der Waals surface area (Å²) in [4.78, 5) is 30.0. The van der Waals surface area contributed by atoms with Crippen LogP contribution in [-0.4, -0.2) is 64.1 Å². The summed E-state index contributed by atoms with van der Waals surface area (Å²) in [5.74, 6) is -2.66. The second kappa shape index (κ2) is 9.51. The molecule has 1 amide bonds. The van der Waals surface area contributed by atoms with Gasteiger partial charge in [-0.3, -0.25) is 14.7 Å². The fourth-order valence-electron chi connectivity index (χ4n) is 4.07. The number of carboxylic acid groups (broad SMARTS) is 1. The molecule has 0 atom stereocenters. The van der Waals surface area contributed by atoms with E-state index in [9.17, 15) is 18.0 Å². The molecule has 2 fully saturated rings. The molecule has 2 aromatic rings. The first-order valence-corrected chi connectivity index (χ1v) is 9.91. The number of rotatable bonds is 3. The first kappa shape index (κ1) is 22.8. The number of likely N-dealkylation sites (tertiary alicyclic amines) is 2. The Morgan fingerprint density at radius 1 is 1.16 bits per heavy atom. The summed E-state index contributed by atoms with van der Waals surface area (Å²) in [6.07, 6.45) is 5.23. The van der Waals surface area contributed by atoms with Gasteiger partial charge in [0, 0.05) is 38.6 Å². The molecule has 2 saturated heterocycles. The van der Waals surface area contributed by atoms with E-state index in [2.05, 4.69) is 16.0 Å². The highest BCUT2D eigenvalue weighted by molar-refractivity contribution is 5.93. The minimum Gasteiger partial charge on any atom is -0.475 e. The molecule has 7 nitrogen and oxygen atoms in total. The number of nitrogens with zero attached hydrogens (tertiary/aromatic N) is 3. The van der Waals surface area contributed by atoms with E-state index in [1.54, 1.807) is 12.3 Å². The zero-order chi connectivity index (χ0) is 22.5. The van der Waals surface area contributed by atoms with Crippen LogP contribution in [0.3, 0.4) is 0 Å². The van der Waals surface area contributed by atoms with Gasteiger partial charge in [-0.1, -0.05) is 6.07 Å². The number of hydrogen-bond acceptors (Lipinski definition) is 5. The van der Waals surface area contributed by atoms with Crippen molar-refractivity contribution in [3.63, 3.8) is 0 Å². The monoisotopic (exact) mass is 439 g/mol. The van der Waals surface area contributed by atoms with Crippen LogP contribution in [0.2, 0.25) is 0 Å². The minimum atomic E-state index is -5.08. The minimum absolute atomic E-state index is 0.101. The molecule has 0 aromatic carbocycles. The van der Waals surface area contributed by atoms with Crippen molar-refractivity contribution in [3.8, 4) is 0 Å². The van der Waals surface area contributed by atoms with E-state index < -0.39 is 12.1 Å². The van der Waals surface area contributed by atoms with E-state index in [0.717, 1.165) is 45.6 Å². The number of halogens is 3. The van der Waals surface area contributed by atoms with Crippen LogP contribution in [0.5, 0.6) is 0 Å². The normalized spacial score (nSPS) is 18.5. The van der Waals surface area contributed by atoms with Crippen LogP contribution in [-0.2, 0) is 11.3 Å². The van der Waals surface area contributed by atoms with E-state index in [1.807, 2.05) is 23.4 Å². The molecule has 2 aromatic heterocycles. The summed E-state index contributed by atoms with van der Waals surface area (Å²) in [7, 11) is 0. The summed E-state index contributed by atoms with van der Waals surface area (Å²) in [6.45, 7) is 4.96. The van der Waals surface area contributed by atoms with E-state index in [1.165, 1.54) is 18.2 Å². The van der Waals surface area contributed by atoms with Crippen molar-refractivity contribution in [2.45, 2.75) is 32.0 Å². The lowest BCUT2D eigenvalue weighted by molar-refractivity contribution is -0.192. The molecular formula is C21H24F3N3O4. The lowest BCUT2D eigenvalue weighted by atomic mass is 9.77. The average Bonchev–Trinajstić information content (AvgIpc) is 3.40. The van der Waals surface area contributed by atoms with Crippen molar-refractivity contribution < 1.29 is 32.3 Å². The van der Waals surface area contributed by atoms with Crippen LogP contribution in [0.25, 0.3) is 0 Å². The van der Waals surface area contributed by atoms with Crippen molar-refractivity contribution in [2.75, 3.05) is 26.2 Å². The Hall–Kier alpha value is -2.88. The van der Waals surface area contributed by atoms with Crippen molar-refractivity contribution in [1.29, 1.82) is 0 Å². The number of alkyl halides is 3. The molecule has 0 aliphatic carbocycles. The first-order chi connectivity index (χ1) is 14.7. The molecule has 2 aliphatic heterocycles. The van der Waals surface area contributed by atoms with E-state index in [0.29, 0.717) is 11.0 Å². The molecule has 168 valence electrons. The Balaban J connectivity index is 0.000000339. The van der Waals surface area contributed by atoms with Gasteiger partial charge in [-0.25, -0.2) is 4.79 Å². The quantitative estimate of drug-likeness (QED) is 0.789. The SMILES string of the molecule is O=C(O)C(F)(F)F.O=C(c1ccoc1)N1CCC2(CCN(Cc3cccnc3)C2)CC1. The van der Waals surface area contributed by atoms with Crippen LogP contribution in [0.1, 0.15) is 35.2 Å². The highest BCUT2D eigenvalue weighted by Crippen LogP contribution is 2.41. The largest absolute Gasteiger partial charge is 0.490 e. The molecule has 1 N–H and O–H groups in total. The van der Waals surface area contributed by atoms with Gasteiger partial charge in [-0.15, -0.1) is 0 Å². The number of furan rings is 1. The Morgan fingerprint density at radius 2 is 1.84 bits per heavy atom. The topological polar surface area (TPSA) is 86.9 Å². The summed E-state index contributed by atoms with van der Waals surface area (Å²) in [6, 6.07) is 5.89. The number of hydrogen-bond donors (Lipinski definition) is 1. The third kappa shape index (κ3) is 6.06. The van der Waals surface area contributed by atoms with E-state index in [-0.39, 0.29) is 5.91 Å². The van der Waals surface area contributed by atoms with Gasteiger partial charge in [0.15, 0.2) is 0 Å². The molecule has 10 heteroatoms. The number of carboxylic acids is 1. The van der Waals surface area contributed by atoms with Crippen LogP contribution < -0.4 is 0 Å². The molecular weight excluding hydrogens is 415 g/mol. The van der Waals surface area contributed by atoms with E-state index >= 15 is 0 Å². The number of aromatic nitrogens is 1. The van der Waals surface area contributed by atoms with Gasteiger partial charge >= 0.3 is 12.1 Å². The van der Waals surface area contributed by atoms with Crippen molar-refractivity contribution in [2.24, 2.45) is 5.41 Å². The molecule has 31 heavy (non-hydrogen) atoms. The zero-order valence-corrected chi connectivity index (χ0v) is 16.8. The Bertz CT molecular complexity index is 864. The van der Waals surface area contributed by atoms with Gasteiger partial charge in [0.05, 0.1) is 11.8 Å². The number of piperidine rings is 1. The highest BCUT2D eigenvalue weighted by atomic mass is 19.4. The molecule has 2 aliphatic rings. The Morgan fingerprint density at radius 3 is 2.39 bits per heavy atom. The number of pyridine rings is 1. The maximum atomic E-state index is 12.4. The molecule has 4 heterocycles. The maximum Gasteiger partial charge on any atom is 0.490 e. The smallest absolute Gasteiger partial charge is 0.475 e. The van der Waals surface area contributed by atoms with Crippen molar-refractivity contribution >= 4 is 11.9 Å². The van der Waals surface area contributed by atoms with Gasteiger partial charge in [-0.05, 0) is 48.9 Å². The van der Waals surface area contributed by atoms with Gasteiger partial charge < -0.3 is 14.4 Å². The Labute approximate surface area is 177 Å². The second-order valence-electron chi connectivity index (χ2n) is 7.93. The third-order valence-electron chi connectivity index (χ3n) is 5.77. The zero-order valence-electron chi connectivity index (χ0n) is 16.8. The lowest BCUT2D eigenvalue weighted by Crippen LogP contribution is -2.44. The van der Waals surface area contributed by atoms with Crippen molar-refractivity contribution in [1.82, 2.24) is 14.8 Å². The summed E-state index contributed by atoms with van der Waals surface area (Å²) < 4.78 is 36.8. The standard InChI is InChI=1S/C19H23N3O2.C2HF3O2/c23-18(17-3-11-24-14-17)22-9-5-19(6-10-22)4-8-21(15-19)13-16-2-1-7-20-12-16;3-2(4,5)1(6)7/h1-3,7,11-12,14H,4-6,8-10,13,15H2;(H,6,7). The number of carbonyl (C=O) groups excluding carboxylic acids is 1. The molecule has 0 unspecified atom stereocenters. The number of carbonyl (C=O) groups is 2. The van der Waals surface area contributed by atoms with Gasteiger partial charge in [-0.2, -0.15) is 13.2 Å². The van der Waals surface area contributed by atoms with Gasteiger partial charge in [0.25, 0.3) is 5.91 Å². The fourth-order valence-corrected chi connectivity index (χ4v) is 4.07. The second-order valence-corrected chi connectivity index (χ2v) is 7.93.